The van der Waals surface area contributed by atoms with E-state index < -0.39 is 17.5 Å². The lowest BCUT2D eigenvalue weighted by molar-refractivity contribution is -0.114. The third-order valence-corrected chi connectivity index (χ3v) is 3.61. The van der Waals surface area contributed by atoms with Gasteiger partial charge in [-0.3, -0.25) is 9.59 Å². The largest absolute Gasteiger partial charge is 0.302 e. The van der Waals surface area contributed by atoms with Crippen molar-refractivity contribution in [2.75, 3.05) is 11.4 Å². The summed E-state index contributed by atoms with van der Waals surface area (Å²) in [6.45, 7) is 0.471. The first-order chi connectivity index (χ1) is 8.18. The molecule has 1 aromatic rings. The van der Waals surface area contributed by atoms with E-state index in [1.165, 1.54) is 23.1 Å². The van der Waals surface area contributed by atoms with Crippen molar-refractivity contribution >= 4 is 17.4 Å². The molecule has 0 aromatic heterocycles. The van der Waals surface area contributed by atoms with Gasteiger partial charge in [-0.1, -0.05) is 12.5 Å². The van der Waals surface area contributed by atoms with Gasteiger partial charge in [0.1, 0.15) is 5.82 Å². The lowest BCUT2D eigenvalue weighted by Crippen LogP contribution is -2.36. The summed E-state index contributed by atoms with van der Waals surface area (Å²) < 4.78 is 13.7. The number of Topliss-reactive ketones (excluding diaryl/α,β-unsaturated/α-hetero) is 1. The molecule has 0 radical (unpaired) electrons. The molecule has 4 heteroatoms. The Balaban J connectivity index is 1.99. The van der Waals surface area contributed by atoms with Crippen LogP contribution in [0.3, 0.4) is 0 Å². The zero-order chi connectivity index (χ0) is 12.0. The van der Waals surface area contributed by atoms with Gasteiger partial charge in [-0.05, 0) is 30.9 Å². The molecule has 0 bridgehead atoms. The standard InChI is InChI=1S/C13H12FNO2/c14-10-6-2-5-9-11(10)15(13(17)12(9)16)7-8-3-1-4-8/h2,5-6,8H,1,3-4,7H2. The van der Waals surface area contributed by atoms with Gasteiger partial charge < -0.3 is 4.90 Å². The number of fused-ring (bicyclic) bond motifs is 1. The first kappa shape index (κ1) is 10.4. The van der Waals surface area contributed by atoms with Gasteiger partial charge in [-0.25, -0.2) is 4.39 Å². The molecular formula is C13H12FNO2. The summed E-state index contributed by atoms with van der Waals surface area (Å²) in [4.78, 5) is 24.8. The van der Waals surface area contributed by atoms with E-state index in [2.05, 4.69) is 0 Å². The predicted molar refractivity (Wildman–Crippen MR) is 60.4 cm³/mol. The Morgan fingerprint density at radius 2 is 2.06 bits per heavy atom. The second-order valence-corrected chi connectivity index (χ2v) is 4.68. The number of carbonyl (C=O) groups is 2. The lowest BCUT2D eigenvalue weighted by Gasteiger charge is -2.30. The van der Waals surface area contributed by atoms with Gasteiger partial charge in [0, 0.05) is 6.54 Å². The summed E-state index contributed by atoms with van der Waals surface area (Å²) >= 11 is 0. The highest BCUT2D eigenvalue weighted by atomic mass is 19.1. The molecule has 88 valence electrons. The van der Waals surface area contributed by atoms with Crippen LogP contribution in [-0.4, -0.2) is 18.2 Å². The van der Waals surface area contributed by atoms with Crippen LogP contribution in [0.1, 0.15) is 29.6 Å². The summed E-state index contributed by atoms with van der Waals surface area (Å²) in [5.41, 5.74) is 0.378. The molecule has 1 amide bonds. The molecule has 0 atom stereocenters. The van der Waals surface area contributed by atoms with E-state index in [-0.39, 0.29) is 11.3 Å². The van der Waals surface area contributed by atoms with Crippen molar-refractivity contribution in [2.24, 2.45) is 5.92 Å². The Labute approximate surface area is 98.2 Å². The van der Waals surface area contributed by atoms with E-state index >= 15 is 0 Å². The van der Waals surface area contributed by atoms with Crippen LogP contribution in [0.15, 0.2) is 18.2 Å². The highest BCUT2D eigenvalue weighted by Crippen LogP contribution is 2.35. The zero-order valence-electron chi connectivity index (χ0n) is 9.28. The fraction of sp³-hybridized carbons (Fsp3) is 0.385. The fourth-order valence-corrected chi connectivity index (χ4v) is 2.42. The lowest BCUT2D eigenvalue weighted by atomic mass is 9.85. The summed E-state index contributed by atoms with van der Waals surface area (Å²) in [6.07, 6.45) is 3.27. The Morgan fingerprint density at radius 1 is 1.29 bits per heavy atom. The number of halogens is 1. The molecule has 0 saturated heterocycles. The molecular weight excluding hydrogens is 221 g/mol. The van der Waals surface area contributed by atoms with Crippen molar-refractivity contribution in [3.05, 3.63) is 29.6 Å². The highest BCUT2D eigenvalue weighted by molar-refractivity contribution is 6.52. The van der Waals surface area contributed by atoms with Crippen LogP contribution in [0.25, 0.3) is 0 Å². The minimum atomic E-state index is -0.586. The average Bonchev–Trinajstić information content (AvgIpc) is 2.49. The maximum atomic E-state index is 13.7. The molecule has 1 aliphatic carbocycles. The molecule has 2 aliphatic rings. The number of carbonyl (C=O) groups excluding carboxylic acids is 2. The highest BCUT2D eigenvalue weighted by Gasteiger charge is 2.39. The van der Waals surface area contributed by atoms with Crippen LogP contribution in [0, 0.1) is 11.7 Å². The number of amides is 1. The van der Waals surface area contributed by atoms with E-state index in [0.29, 0.717) is 12.5 Å². The summed E-state index contributed by atoms with van der Waals surface area (Å²) in [7, 11) is 0. The maximum Gasteiger partial charge on any atom is 0.299 e. The van der Waals surface area contributed by atoms with Crippen molar-refractivity contribution in [1.29, 1.82) is 0 Å². The Morgan fingerprint density at radius 3 is 2.71 bits per heavy atom. The monoisotopic (exact) mass is 233 g/mol. The smallest absolute Gasteiger partial charge is 0.299 e. The quantitative estimate of drug-likeness (QED) is 0.734. The zero-order valence-corrected chi connectivity index (χ0v) is 9.28. The first-order valence-electron chi connectivity index (χ1n) is 5.83. The molecule has 1 aromatic carbocycles. The van der Waals surface area contributed by atoms with Crippen molar-refractivity contribution in [1.82, 2.24) is 0 Å². The molecule has 0 N–H and O–H groups in total. The molecule has 17 heavy (non-hydrogen) atoms. The molecule has 3 rings (SSSR count). The van der Waals surface area contributed by atoms with Gasteiger partial charge >= 0.3 is 0 Å². The van der Waals surface area contributed by atoms with E-state index in [0.717, 1.165) is 19.3 Å². The third kappa shape index (κ3) is 1.47. The van der Waals surface area contributed by atoms with Crippen LogP contribution in [0.2, 0.25) is 0 Å². The van der Waals surface area contributed by atoms with Gasteiger partial charge in [-0.2, -0.15) is 0 Å². The SMILES string of the molecule is O=C1C(=O)N(CC2CCC2)c2c(F)cccc21. The minimum absolute atomic E-state index is 0.175. The summed E-state index contributed by atoms with van der Waals surface area (Å²) in [6, 6.07) is 4.27. The third-order valence-electron chi connectivity index (χ3n) is 3.61. The molecule has 1 heterocycles. The number of benzene rings is 1. The number of anilines is 1. The summed E-state index contributed by atoms with van der Waals surface area (Å²) in [5, 5.41) is 0. The van der Waals surface area contributed by atoms with Gasteiger partial charge in [0.2, 0.25) is 0 Å². The maximum absolute atomic E-state index is 13.7. The Hall–Kier alpha value is -1.71. The van der Waals surface area contributed by atoms with Gasteiger partial charge in [0.25, 0.3) is 11.7 Å². The second-order valence-electron chi connectivity index (χ2n) is 4.68. The van der Waals surface area contributed by atoms with Crippen LogP contribution in [0.4, 0.5) is 10.1 Å². The Bertz CT molecular complexity index is 508. The van der Waals surface area contributed by atoms with E-state index in [1.807, 2.05) is 0 Å². The number of hydrogen-bond acceptors (Lipinski definition) is 2. The number of para-hydroxylation sites is 1. The van der Waals surface area contributed by atoms with E-state index in [9.17, 15) is 14.0 Å². The number of nitrogens with zero attached hydrogens (tertiary/aromatic N) is 1. The van der Waals surface area contributed by atoms with E-state index in [4.69, 9.17) is 0 Å². The fourth-order valence-electron chi connectivity index (χ4n) is 2.42. The molecule has 3 nitrogen and oxygen atoms in total. The van der Waals surface area contributed by atoms with Crippen molar-refractivity contribution < 1.29 is 14.0 Å². The van der Waals surface area contributed by atoms with E-state index in [1.54, 1.807) is 0 Å². The van der Waals surface area contributed by atoms with Crippen molar-refractivity contribution in [2.45, 2.75) is 19.3 Å². The number of hydrogen-bond donors (Lipinski definition) is 0. The van der Waals surface area contributed by atoms with Crippen LogP contribution in [-0.2, 0) is 4.79 Å². The predicted octanol–water partition coefficient (Wildman–Crippen LogP) is 2.16. The van der Waals surface area contributed by atoms with Crippen LogP contribution < -0.4 is 4.90 Å². The normalized spacial score (nSPS) is 19.5. The number of rotatable bonds is 2. The molecule has 0 unspecified atom stereocenters. The van der Waals surface area contributed by atoms with Gasteiger partial charge in [-0.15, -0.1) is 0 Å². The van der Waals surface area contributed by atoms with Gasteiger partial charge in [0.15, 0.2) is 0 Å². The first-order valence-corrected chi connectivity index (χ1v) is 5.83. The minimum Gasteiger partial charge on any atom is -0.302 e. The van der Waals surface area contributed by atoms with Gasteiger partial charge in [0.05, 0.1) is 11.3 Å². The second kappa shape index (κ2) is 3.65. The molecule has 1 aliphatic heterocycles. The Kier molecular flexibility index (Phi) is 2.24. The van der Waals surface area contributed by atoms with Crippen molar-refractivity contribution in [3.8, 4) is 0 Å². The van der Waals surface area contributed by atoms with Crippen LogP contribution in [0.5, 0.6) is 0 Å². The molecule has 0 spiro atoms. The molecule has 1 fully saturated rings. The summed E-state index contributed by atoms with van der Waals surface area (Å²) in [5.74, 6) is -1.24. The topological polar surface area (TPSA) is 37.4 Å². The molecule has 1 saturated carbocycles. The van der Waals surface area contributed by atoms with Crippen molar-refractivity contribution in [3.63, 3.8) is 0 Å². The average molecular weight is 233 g/mol. The number of ketones is 1. The van der Waals surface area contributed by atoms with Crippen LogP contribution >= 0.6 is 0 Å².